The number of fused-ring (bicyclic) bond motifs is 1. The van der Waals surface area contributed by atoms with Crippen LogP contribution in [-0.2, 0) is 16.2 Å². The zero-order valence-corrected chi connectivity index (χ0v) is 19.9. The lowest BCUT2D eigenvalue weighted by Crippen LogP contribution is -2.19. The molecule has 1 aromatic carbocycles. The second kappa shape index (κ2) is 8.82. The van der Waals surface area contributed by atoms with Gasteiger partial charge in [-0.2, -0.15) is 17.9 Å². The Morgan fingerprint density at radius 2 is 1.86 bits per heavy atom. The quantitative estimate of drug-likeness (QED) is 0.287. The summed E-state index contributed by atoms with van der Waals surface area (Å²) in [4.78, 5) is 21.0. The number of aromatic nitrogens is 3. The number of ether oxygens (including phenoxy) is 1. The molecule has 9 nitrogen and oxygen atoms in total. The summed E-state index contributed by atoms with van der Waals surface area (Å²) in [7, 11) is -3.28. The minimum Gasteiger partial charge on any atom is -0.494 e. The molecule has 0 bridgehead atoms. The number of alkyl halides is 3. The van der Waals surface area contributed by atoms with Crippen molar-refractivity contribution in [1.29, 1.82) is 0 Å². The van der Waals surface area contributed by atoms with E-state index in [1.165, 1.54) is 38.6 Å². The van der Waals surface area contributed by atoms with Crippen LogP contribution in [0.5, 0.6) is 5.75 Å². The third-order valence-electron chi connectivity index (χ3n) is 5.41. The Bertz CT molecular complexity index is 1560. The van der Waals surface area contributed by atoms with Crippen LogP contribution in [0, 0.1) is 13.8 Å². The van der Waals surface area contributed by atoms with Gasteiger partial charge in [-0.05, 0) is 49.2 Å². The molecule has 36 heavy (non-hydrogen) atoms. The van der Waals surface area contributed by atoms with E-state index >= 15 is 0 Å². The van der Waals surface area contributed by atoms with Crippen molar-refractivity contribution in [3.8, 4) is 17.1 Å². The van der Waals surface area contributed by atoms with Crippen molar-refractivity contribution >= 4 is 21.5 Å². The number of hydrogen-bond acceptors (Lipinski definition) is 7. The Balaban J connectivity index is 1.82. The molecule has 2 aliphatic rings. The van der Waals surface area contributed by atoms with E-state index in [0.717, 1.165) is 18.3 Å². The first-order chi connectivity index (χ1) is 16.8. The maximum atomic E-state index is 13.6. The van der Waals surface area contributed by atoms with Crippen molar-refractivity contribution in [3.63, 3.8) is 0 Å². The van der Waals surface area contributed by atoms with E-state index < -0.39 is 32.4 Å². The van der Waals surface area contributed by atoms with Crippen molar-refractivity contribution in [2.45, 2.75) is 24.9 Å². The molecule has 4 rings (SSSR count). The summed E-state index contributed by atoms with van der Waals surface area (Å²) in [5.74, 6) is -0.747. The smallest absolute Gasteiger partial charge is 0.416 e. The van der Waals surface area contributed by atoms with Crippen molar-refractivity contribution in [2.24, 2.45) is 0 Å². The van der Waals surface area contributed by atoms with Gasteiger partial charge < -0.3 is 9.94 Å². The number of aryl methyl sites for hydroxylation is 2. The van der Waals surface area contributed by atoms with Crippen molar-refractivity contribution in [1.82, 2.24) is 14.7 Å². The molecule has 188 valence electrons. The lowest BCUT2D eigenvalue weighted by Gasteiger charge is -2.17. The fourth-order valence-corrected chi connectivity index (χ4v) is 4.77. The zero-order valence-electron chi connectivity index (χ0n) is 19.1. The van der Waals surface area contributed by atoms with Crippen LogP contribution in [0.3, 0.4) is 0 Å². The summed E-state index contributed by atoms with van der Waals surface area (Å²) in [5, 5.41) is 10.1. The fourth-order valence-electron chi connectivity index (χ4n) is 3.69. The van der Waals surface area contributed by atoms with Crippen molar-refractivity contribution in [2.75, 3.05) is 11.8 Å². The number of rotatable bonds is 6. The zero-order chi connectivity index (χ0) is 26.4. The third kappa shape index (κ3) is 4.44. The highest BCUT2D eigenvalue weighted by Gasteiger charge is 2.34. The summed E-state index contributed by atoms with van der Waals surface area (Å²) >= 11 is 0. The molecular weight excluding hydrogens is 501 g/mol. The van der Waals surface area contributed by atoms with Gasteiger partial charge in [0.1, 0.15) is 5.69 Å². The topological polar surface area (TPSA) is 123 Å². The molecule has 0 saturated heterocycles. The van der Waals surface area contributed by atoms with Gasteiger partial charge in [0.2, 0.25) is 5.78 Å². The van der Waals surface area contributed by atoms with E-state index in [2.05, 4.69) is 14.7 Å². The Morgan fingerprint density at radius 1 is 1.14 bits per heavy atom. The first kappa shape index (κ1) is 25.0. The van der Waals surface area contributed by atoms with E-state index in [1.54, 1.807) is 6.92 Å². The van der Waals surface area contributed by atoms with Gasteiger partial charge in [0.05, 0.1) is 35.0 Å². The third-order valence-corrected chi connectivity index (χ3v) is 6.77. The van der Waals surface area contributed by atoms with Gasteiger partial charge in [-0.3, -0.25) is 14.5 Å². The number of ketones is 1. The van der Waals surface area contributed by atoms with Gasteiger partial charge in [0.25, 0.3) is 10.0 Å². The molecule has 0 fully saturated rings. The number of halogens is 3. The number of pyridine rings is 2. The van der Waals surface area contributed by atoms with Gasteiger partial charge in [-0.1, -0.05) is 6.07 Å². The first-order valence-corrected chi connectivity index (χ1v) is 11.8. The number of hydrogen-bond donors (Lipinski definition) is 2. The molecule has 0 aliphatic carbocycles. The molecule has 13 heteroatoms. The Hall–Kier alpha value is -4.13. The standard InChI is InChI=1S/C23H19F3N4O5S/c1-12-8-17(29-36(33,34)14-5-4-13(2)16(9-14)23(24,25)26)20(28-10-12)21(31)19-15-6-7-27-22(15)30(32)11-18(19)35-3/h4-11,29,32H,1-3H3. The molecular formula is C23H19F3N4O5S. The largest absolute Gasteiger partial charge is 0.494 e. The van der Waals surface area contributed by atoms with E-state index in [-0.39, 0.29) is 39.6 Å². The SMILES string of the molecule is COc1cn(O)c2nccc-2c1C(=O)c1ncc(C)cc1NS(=O)(=O)c1ccc(C)c(C(F)(F)F)c1. The fraction of sp³-hybridized carbons (Fsp3) is 0.174. The van der Waals surface area contributed by atoms with Crippen LogP contribution in [0.4, 0.5) is 18.9 Å². The highest BCUT2D eigenvalue weighted by molar-refractivity contribution is 7.92. The first-order valence-electron chi connectivity index (χ1n) is 10.3. The Kier molecular flexibility index (Phi) is 6.12. The van der Waals surface area contributed by atoms with Crippen LogP contribution in [0.1, 0.15) is 32.7 Å². The molecule has 0 atom stereocenters. The monoisotopic (exact) mass is 520 g/mol. The molecule has 0 amide bonds. The maximum Gasteiger partial charge on any atom is 0.416 e. The Morgan fingerprint density at radius 3 is 2.53 bits per heavy atom. The van der Waals surface area contributed by atoms with Gasteiger partial charge in [0.15, 0.2) is 11.6 Å². The summed E-state index contributed by atoms with van der Waals surface area (Å²) in [6, 6.07) is 5.41. The summed E-state index contributed by atoms with van der Waals surface area (Å²) in [5.41, 5.74) is -1.15. The van der Waals surface area contributed by atoms with Crippen LogP contribution < -0.4 is 9.46 Å². The van der Waals surface area contributed by atoms with E-state index in [0.29, 0.717) is 16.4 Å². The molecule has 1 aromatic heterocycles. The van der Waals surface area contributed by atoms with Crippen molar-refractivity contribution in [3.05, 3.63) is 76.9 Å². The predicted octanol–water partition coefficient (Wildman–Crippen LogP) is 4.30. The Labute approximate surface area is 203 Å². The van der Waals surface area contributed by atoms with Crippen LogP contribution >= 0.6 is 0 Å². The minimum absolute atomic E-state index is 0.0347. The normalized spacial score (nSPS) is 12.1. The molecule has 0 spiro atoms. The lowest BCUT2D eigenvalue weighted by atomic mass is 10.0. The molecule has 2 aromatic rings. The van der Waals surface area contributed by atoms with E-state index in [1.807, 2.05) is 0 Å². The number of carbonyl (C=O) groups is 1. The summed E-state index contributed by atoms with van der Waals surface area (Å²) in [6.07, 6.45) is -0.949. The van der Waals surface area contributed by atoms with Gasteiger partial charge in [-0.25, -0.2) is 13.4 Å². The maximum absolute atomic E-state index is 13.6. The lowest BCUT2D eigenvalue weighted by molar-refractivity contribution is -0.138. The molecule has 0 unspecified atom stereocenters. The number of sulfonamides is 1. The second-order valence-electron chi connectivity index (χ2n) is 7.92. The summed E-state index contributed by atoms with van der Waals surface area (Å²) in [6.45, 7) is 2.82. The summed E-state index contributed by atoms with van der Waals surface area (Å²) < 4.78 is 74.3. The molecule has 0 saturated carbocycles. The van der Waals surface area contributed by atoms with E-state index in [4.69, 9.17) is 4.74 Å². The highest BCUT2D eigenvalue weighted by Crippen LogP contribution is 2.36. The minimum atomic E-state index is -4.76. The molecule has 0 radical (unpaired) electrons. The van der Waals surface area contributed by atoms with Crippen molar-refractivity contribution < 1.29 is 36.3 Å². The number of carbonyl (C=O) groups excluding carboxylic acids is 1. The number of benzene rings is 1. The molecule has 2 aliphatic heterocycles. The molecule has 3 heterocycles. The van der Waals surface area contributed by atoms with Crippen LogP contribution in [0.2, 0.25) is 0 Å². The van der Waals surface area contributed by atoms with Gasteiger partial charge in [-0.15, -0.1) is 0 Å². The van der Waals surface area contributed by atoms with Crippen LogP contribution in [-0.4, -0.2) is 41.2 Å². The number of anilines is 1. The molecule has 2 N–H and O–H groups in total. The average Bonchev–Trinajstić information content (AvgIpc) is 3.28. The number of nitrogens with zero attached hydrogens (tertiary/aromatic N) is 3. The number of methoxy groups -OCH3 is 1. The van der Waals surface area contributed by atoms with Gasteiger partial charge >= 0.3 is 6.18 Å². The highest BCUT2D eigenvalue weighted by atomic mass is 32.2. The number of nitrogens with one attached hydrogen (secondary N) is 1. The van der Waals surface area contributed by atoms with Crippen LogP contribution in [0.15, 0.2) is 53.8 Å². The van der Waals surface area contributed by atoms with Gasteiger partial charge in [0, 0.05) is 18.0 Å². The predicted molar refractivity (Wildman–Crippen MR) is 122 cm³/mol. The second-order valence-corrected chi connectivity index (χ2v) is 9.60. The average molecular weight is 520 g/mol. The van der Waals surface area contributed by atoms with E-state index in [9.17, 15) is 31.6 Å². The van der Waals surface area contributed by atoms with Crippen LogP contribution in [0.25, 0.3) is 11.4 Å².